The van der Waals surface area contributed by atoms with E-state index in [9.17, 15) is 4.79 Å². The summed E-state index contributed by atoms with van der Waals surface area (Å²) in [4.78, 5) is 22.8. The van der Waals surface area contributed by atoms with Gasteiger partial charge < -0.3 is 10.2 Å². The Morgan fingerprint density at radius 1 is 1.27 bits per heavy atom. The molecule has 1 aliphatic heterocycles. The van der Waals surface area contributed by atoms with Crippen molar-refractivity contribution >= 4 is 28.2 Å². The summed E-state index contributed by atoms with van der Waals surface area (Å²) >= 11 is 1.48. The van der Waals surface area contributed by atoms with Gasteiger partial charge in [-0.15, -0.1) is 11.3 Å². The molecule has 116 valence electrons. The van der Waals surface area contributed by atoms with Crippen LogP contribution in [0.3, 0.4) is 0 Å². The SMILES string of the molecule is O=C(NCc1nccc(N2CCCCC2)n1)Nc1cccs1. The predicted molar refractivity (Wildman–Crippen MR) is 88.3 cm³/mol. The van der Waals surface area contributed by atoms with Gasteiger partial charge in [-0.3, -0.25) is 5.32 Å². The Hall–Kier alpha value is -2.15. The quantitative estimate of drug-likeness (QED) is 0.910. The molecule has 2 aromatic rings. The molecule has 6 nitrogen and oxygen atoms in total. The third-order valence-corrected chi connectivity index (χ3v) is 4.32. The summed E-state index contributed by atoms with van der Waals surface area (Å²) in [6, 6.07) is 5.44. The number of nitrogens with zero attached hydrogens (tertiary/aromatic N) is 3. The fourth-order valence-electron chi connectivity index (χ4n) is 2.44. The van der Waals surface area contributed by atoms with E-state index >= 15 is 0 Å². The number of hydrogen-bond acceptors (Lipinski definition) is 5. The highest BCUT2D eigenvalue weighted by atomic mass is 32.1. The Labute approximate surface area is 133 Å². The van der Waals surface area contributed by atoms with Gasteiger partial charge in [-0.25, -0.2) is 14.8 Å². The van der Waals surface area contributed by atoms with E-state index in [1.165, 1.54) is 30.6 Å². The van der Waals surface area contributed by atoms with Crippen molar-refractivity contribution in [3.8, 4) is 0 Å². The number of amides is 2. The van der Waals surface area contributed by atoms with Crippen molar-refractivity contribution in [2.75, 3.05) is 23.3 Å². The van der Waals surface area contributed by atoms with Crippen LogP contribution in [0.15, 0.2) is 29.8 Å². The fourth-order valence-corrected chi connectivity index (χ4v) is 3.05. The van der Waals surface area contributed by atoms with Gasteiger partial charge >= 0.3 is 6.03 Å². The number of anilines is 2. The molecule has 0 bridgehead atoms. The molecule has 0 aromatic carbocycles. The second kappa shape index (κ2) is 7.22. The lowest BCUT2D eigenvalue weighted by atomic mass is 10.1. The first-order valence-corrected chi connectivity index (χ1v) is 8.34. The second-order valence-electron chi connectivity index (χ2n) is 5.16. The Bertz CT molecular complexity index is 610. The van der Waals surface area contributed by atoms with Gasteiger partial charge in [0.25, 0.3) is 0 Å². The third kappa shape index (κ3) is 3.94. The number of hydrogen-bond donors (Lipinski definition) is 2. The lowest BCUT2D eigenvalue weighted by Gasteiger charge is -2.27. The first-order chi connectivity index (χ1) is 10.8. The number of urea groups is 1. The van der Waals surface area contributed by atoms with E-state index in [2.05, 4.69) is 25.5 Å². The number of thiophene rings is 1. The molecule has 0 aliphatic carbocycles. The molecular formula is C15H19N5OS. The summed E-state index contributed by atoms with van der Waals surface area (Å²) in [5.41, 5.74) is 0. The Morgan fingerprint density at radius 3 is 2.91 bits per heavy atom. The number of aromatic nitrogens is 2. The molecule has 2 N–H and O–H groups in total. The van der Waals surface area contributed by atoms with E-state index < -0.39 is 0 Å². The first kappa shape index (κ1) is 14.8. The van der Waals surface area contributed by atoms with E-state index in [4.69, 9.17) is 0 Å². The van der Waals surface area contributed by atoms with E-state index in [0.29, 0.717) is 12.4 Å². The van der Waals surface area contributed by atoms with Gasteiger partial charge in [-0.2, -0.15) is 0 Å². The molecular weight excluding hydrogens is 298 g/mol. The molecule has 0 unspecified atom stereocenters. The molecule has 2 aromatic heterocycles. The topological polar surface area (TPSA) is 70.2 Å². The Kier molecular flexibility index (Phi) is 4.85. The molecule has 0 saturated carbocycles. The molecule has 3 rings (SSSR count). The highest BCUT2D eigenvalue weighted by Crippen LogP contribution is 2.17. The van der Waals surface area contributed by atoms with Crippen molar-refractivity contribution in [3.05, 3.63) is 35.6 Å². The zero-order chi connectivity index (χ0) is 15.2. The van der Waals surface area contributed by atoms with Crippen molar-refractivity contribution in [2.24, 2.45) is 0 Å². The van der Waals surface area contributed by atoms with Crippen LogP contribution in [0.5, 0.6) is 0 Å². The lowest BCUT2D eigenvalue weighted by molar-refractivity contribution is 0.251. The van der Waals surface area contributed by atoms with Crippen LogP contribution in [0.2, 0.25) is 0 Å². The Balaban J connectivity index is 1.54. The van der Waals surface area contributed by atoms with Crippen LogP contribution >= 0.6 is 11.3 Å². The van der Waals surface area contributed by atoms with Crippen LogP contribution < -0.4 is 15.5 Å². The normalized spacial score (nSPS) is 14.6. The summed E-state index contributed by atoms with van der Waals surface area (Å²) in [6.45, 7) is 2.41. The van der Waals surface area contributed by atoms with Crippen LogP contribution in [0.4, 0.5) is 15.6 Å². The highest BCUT2D eigenvalue weighted by molar-refractivity contribution is 7.14. The summed E-state index contributed by atoms with van der Waals surface area (Å²) in [5, 5.41) is 8.29. The van der Waals surface area contributed by atoms with Gasteiger partial charge in [0.1, 0.15) is 11.6 Å². The van der Waals surface area contributed by atoms with Crippen LogP contribution in [-0.2, 0) is 6.54 Å². The number of piperidine rings is 1. The third-order valence-electron chi connectivity index (χ3n) is 3.54. The maximum Gasteiger partial charge on any atom is 0.320 e. The van der Waals surface area contributed by atoms with Crippen molar-refractivity contribution in [1.29, 1.82) is 0 Å². The maximum atomic E-state index is 11.8. The molecule has 1 saturated heterocycles. The van der Waals surface area contributed by atoms with Gasteiger partial charge in [0, 0.05) is 19.3 Å². The number of rotatable bonds is 4. The van der Waals surface area contributed by atoms with Crippen LogP contribution in [-0.4, -0.2) is 29.1 Å². The molecule has 7 heteroatoms. The van der Waals surface area contributed by atoms with Gasteiger partial charge in [0.05, 0.1) is 11.5 Å². The molecule has 22 heavy (non-hydrogen) atoms. The fraction of sp³-hybridized carbons (Fsp3) is 0.400. The average molecular weight is 317 g/mol. The van der Waals surface area contributed by atoms with Crippen LogP contribution in [0, 0.1) is 0 Å². The van der Waals surface area contributed by atoms with Crippen molar-refractivity contribution in [2.45, 2.75) is 25.8 Å². The summed E-state index contributed by atoms with van der Waals surface area (Å²) in [7, 11) is 0. The summed E-state index contributed by atoms with van der Waals surface area (Å²) < 4.78 is 0. The smallest absolute Gasteiger partial charge is 0.320 e. The molecule has 3 heterocycles. The number of nitrogens with one attached hydrogen (secondary N) is 2. The lowest BCUT2D eigenvalue weighted by Crippen LogP contribution is -2.31. The predicted octanol–water partition coefficient (Wildman–Crippen LogP) is 2.85. The zero-order valence-corrected chi connectivity index (χ0v) is 13.1. The number of carbonyl (C=O) groups is 1. The Morgan fingerprint density at radius 2 is 2.14 bits per heavy atom. The highest BCUT2D eigenvalue weighted by Gasteiger charge is 2.13. The van der Waals surface area contributed by atoms with Gasteiger partial charge in [0.15, 0.2) is 0 Å². The summed E-state index contributed by atoms with van der Waals surface area (Å²) in [5.74, 6) is 1.58. The average Bonchev–Trinajstić information content (AvgIpc) is 3.07. The van der Waals surface area contributed by atoms with Gasteiger partial charge in [-0.05, 0) is 42.8 Å². The van der Waals surface area contributed by atoms with E-state index in [-0.39, 0.29) is 6.03 Å². The van der Waals surface area contributed by atoms with Crippen molar-refractivity contribution in [3.63, 3.8) is 0 Å². The largest absolute Gasteiger partial charge is 0.357 e. The molecule has 0 atom stereocenters. The first-order valence-electron chi connectivity index (χ1n) is 7.46. The van der Waals surface area contributed by atoms with Gasteiger partial charge in [-0.1, -0.05) is 0 Å². The van der Waals surface area contributed by atoms with Crippen LogP contribution in [0.25, 0.3) is 0 Å². The standard InChI is InChI=1S/C15H19N5OS/c21-15(19-14-5-4-10-22-14)17-11-12-16-7-6-13(18-12)20-8-2-1-3-9-20/h4-7,10H,1-3,8-9,11H2,(H2,17,19,21). The molecule has 1 fully saturated rings. The van der Waals surface area contributed by atoms with Crippen LogP contribution in [0.1, 0.15) is 25.1 Å². The van der Waals surface area contributed by atoms with Gasteiger partial charge in [0.2, 0.25) is 0 Å². The zero-order valence-electron chi connectivity index (χ0n) is 12.3. The van der Waals surface area contributed by atoms with E-state index in [1.807, 2.05) is 23.6 Å². The molecule has 0 radical (unpaired) electrons. The maximum absolute atomic E-state index is 11.8. The molecule has 1 aliphatic rings. The monoisotopic (exact) mass is 317 g/mol. The molecule has 0 spiro atoms. The minimum absolute atomic E-state index is 0.241. The van der Waals surface area contributed by atoms with E-state index in [1.54, 1.807) is 6.20 Å². The van der Waals surface area contributed by atoms with Crippen molar-refractivity contribution in [1.82, 2.24) is 15.3 Å². The second-order valence-corrected chi connectivity index (χ2v) is 6.11. The summed E-state index contributed by atoms with van der Waals surface area (Å²) in [6.07, 6.45) is 5.46. The number of carbonyl (C=O) groups excluding carboxylic acids is 1. The minimum atomic E-state index is -0.241. The van der Waals surface area contributed by atoms with Crippen molar-refractivity contribution < 1.29 is 4.79 Å². The van der Waals surface area contributed by atoms with E-state index in [0.717, 1.165) is 23.9 Å². The molecule has 2 amide bonds. The minimum Gasteiger partial charge on any atom is -0.357 e.